The Bertz CT molecular complexity index is 683. The van der Waals surface area contributed by atoms with Crippen LogP contribution in [0.15, 0.2) is 29.8 Å². The number of hydrogen-bond acceptors (Lipinski definition) is 4. The number of aromatic nitrogens is 1. The topological polar surface area (TPSA) is 62.2 Å². The van der Waals surface area contributed by atoms with Gasteiger partial charge in [-0.2, -0.15) is 0 Å². The van der Waals surface area contributed by atoms with Crippen molar-refractivity contribution in [2.75, 3.05) is 6.61 Å². The lowest BCUT2D eigenvalue weighted by Crippen LogP contribution is -2.23. The number of pyridine rings is 1. The van der Waals surface area contributed by atoms with Gasteiger partial charge in [-0.1, -0.05) is 24.8 Å². The third-order valence-electron chi connectivity index (χ3n) is 2.96. The maximum atomic E-state index is 12.2. The molecule has 21 heavy (non-hydrogen) atoms. The number of rotatable bonds is 4. The quantitative estimate of drug-likeness (QED) is 0.849. The van der Waals surface area contributed by atoms with Gasteiger partial charge in [-0.05, 0) is 29.5 Å². The smallest absolute Gasteiger partial charge is 0.262 e. The van der Waals surface area contributed by atoms with E-state index in [9.17, 15) is 4.79 Å². The van der Waals surface area contributed by atoms with Crippen LogP contribution in [0, 0.1) is 11.8 Å². The predicted octanol–water partition coefficient (Wildman–Crippen LogP) is 1.98. The third kappa shape index (κ3) is 3.91. The molecule has 0 spiro atoms. The lowest BCUT2D eigenvalue weighted by Gasteiger charge is -2.07. The van der Waals surface area contributed by atoms with Crippen LogP contribution in [-0.4, -0.2) is 22.6 Å². The first-order valence-electron chi connectivity index (χ1n) is 6.64. The van der Waals surface area contributed by atoms with Crippen LogP contribution in [0.2, 0.25) is 0 Å². The average Bonchev–Trinajstić information content (AvgIpc) is 2.99. The molecule has 0 saturated heterocycles. The van der Waals surface area contributed by atoms with Crippen LogP contribution in [0.25, 0.3) is 0 Å². The second kappa shape index (κ2) is 7.58. The first-order valence-corrected chi connectivity index (χ1v) is 7.52. The van der Waals surface area contributed by atoms with Gasteiger partial charge in [0.05, 0.1) is 12.2 Å². The van der Waals surface area contributed by atoms with Gasteiger partial charge in [-0.15, -0.1) is 11.3 Å². The maximum Gasteiger partial charge on any atom is 0.262 e. The number of nitrogens with one attached hydrogen (secondary N) is 1. The van der Waals surface area contributed by atoms with Crippen molar-refractivity contribution in [1.82, 2.24) is 10.3 Å². The second-order valence-corrected chi connectivity index (χ2v) is 5.18. The molecule has 0 fully saturated rings. The highest BCUT2D eigenvalue weighted by atomic mass is 32.1. The largest absolute Gasteiger partial charge is 0.384 e. The van der Waals surface area contributed by atoms with Gasteiger partial charge in [0.2, 0.25) is 0 Å². The SMILES string of the molecule is CCc1cccnc1CNC(=O)c1sccc1C#CCO. The van der Waals surface area contributed by atoms with Gasteiger partial charge >= 0.3 is 0 Å². The Morgan fingerprint density at radius 1 is 1.48 bits per heavy atom. The highest BCUT2D eigenvalue weighted by Crippen LogP contribution is 2.16. The number of nitrogens with zero attached hydrogens (tertiary/aromatic N) is 1. The molecule has 0 atom stereocenters. The van der Waals surface area contributed by atoms with E-state index in [2.05, 4.69) is 29.1 Å². The van der Waals surface area contributed by atoms with E-state index in [1.54, 1.807) is 12.3 Å². The Morgan fingerprint density at radius 2 is 2.33 bits per heavy atom. The number of aliphatic hydroxyl groups excluding tert-OH is 1. The summed E-state index contributed by atoms with van der Waals surface area (Å²) in [6.07, 6.45) is 2.61. The summed E-state index contributed by atoms with van der Waals surface area (Å²) in [6, 6.07) is 5.68. The van der Waals surface area contributed by atoms with Crippen molar-refractivity contribution in [1.29, 1.82) is 0 Å². The molecule has 1 amide bonds. The minimum Gasteiger partial charge on any atom is -0.384 e. The lowest BCUT2D eigenvalue weighted by molar-refractivity contribution is 0.0954. The van der Waals surface area contributed by atoms with E-state index in [-0.39, 0.29) is 12.5 Å². The van der Waals surface area contributed by atoms with E-state index < -0.39 is 0 Å². The standard InChI is InChI=1S/C16H16N2O2S/c1-2-12-5-3-8-17-14(12)11-18-16(20)15-13(6-4-9-19)7-10-21-15/h3,5,7-8,10,19H,2,9,11H2,1H3,(H,18,20). The molecular formula is C16H16N2O2S. The van der Waals surface area contributed by atoms with Crippen molar-refractivity contribution in [3.05, 3.63) is 51.5 Å². The van der Waals surface area contributed by atoms with Gasteiger partial charge in [-0.3, -0.25) is 9.78 Å². The van der Waals surface area contributed by atoms with E-state index >= 15 is 0 Å². The van der Waals surface area contributed by atoms with Gasteiger partial charge in [-0.25, -0.2) is 0 Å². The van der Waals surface area contributed by atoms with E-state index in [0.29, 0.717) is 17.0 Å². The normalized spacial score (nSPS) is 9.81. The summed E-state index contributed by atoms with van der Waals surface area (Å²) >= 11 is 1.34. The predicted molar refractivity (Wildman–Crippen MR) is 83.1 cm³/mol. The molecule has 4 nitrogen and oxygen atoms in total. The number of thiophene rings is 1. The highest BCUT2D eigenvalue weighted by molar-refractivity contribution is 7.12. The number of aryl methyl sites for hydroxylation is 1. The minimum atomic E-state index is -0.218. The Labute approximate surface area is 127 Å². The Hall–Kier alpha value is -2.16. The van der Waals surface area contributed by atoms with Crippen LogP contribution in [0.3, 0.4) is 0 Å². The minimum absolute atomic E-state index is 0.167. The number of carbonyl (C=O) groups is 1. The van der Waals surface area contributed by atoms with Gasteiger partial charge in [0, 0.05) is 11.8 Å². The van der Waals surface area contributed by atoms with Crippen LogP contribution < -0.4 is 5.32 Å². The fourth-order valence-electron chi connectivity index (χ4n) is 1.91. The zero-order valence-corrected chi connectivity index (χ0v) is 12.5. The van der Waals surface area contributed by atoms with Crippen molar-refractivity contribution in [2.45, 2.75) is 19.9 Å². The zero-order valence-electron chi connectivity index (χ0n) is 11.7. The molecule has 0 saturated carbocycles. The Morgan fingerprint density at radius 3 is 3.10 bits per heavy atom. The summed E-state index contributed by atoms with van der Waals surface area (Å²) in [7, 11) is 0. The molecule has 2 aromatic heterocycles. The van der Waals surface area contributed by atoms with E-state index in [1.165, 1.54) is 11.3 Å². The Kier molecular flexibility index (Phi) is 5.50. The number of carbonyl (C=O) groups excluding carboxylic acids is 1. The van der Waals surface area contributed by atoms with Crippen LogP contribution in [0.5, 0.6) is 0 Å². The highest BCUT2D eigenvalue weighted by Gasteiger charge is 2.12. The molecule has 2 rings (SSSR count). The zero-order chi connectivity index (χ0) is 15.1. The molecule has 0 aliphatic rings. The second-order valence-electron chi connectivity index (χ2n) is 4.27. The van der Waals surface area contributed by atoms with Crippen molar-refractivity contribution in [3.8, 4) is 11.8 Å². The van der Waals surface area contributed by atoms with Crippen molar-refractivity contribution >= 4 is 17.2 Å². The third-order valence-corrected chi connectivity index (χ3v) is 3.87. The fraction of sp³-hybridized carbons (Fsp3) is 0.250. The van der Waals surface area contributed by atoms with Crippen molar-refractivity contribution in [3.63, 3.8) is 0 Å². The van der Waals surface area contributed by atoms with Crippen LogP contribution in [0.1, 0.15) is 33.4 Å². The summed E-state index contributed by atoms with van der Waals surface area (Å²) in [6.45, 7) is 2.24. The summed E-state index contributed by atoms with van der Waals surface area (Å²) in [5.41, 5.74) is 2.65. The first kappa shape index (κ1) is 15.2. The van der Waals surface area contributed by atoms with Crippen LogP contribution in [0.4, 0.5) is 0 Å². The number of hydrogen-bond donors (Lipinski definition) is 2. The van der Waals surface area contributed by atoms with Gasteiger partial charge in [0.25, 0.3) is 5.91 Å². The number of aliphatic hydroxyl groups is 1. The monoisotopic (exact) mass is 300 g/mol. The number of amides is 1. The summed E-state index contributed by atoms with van der Waals surface area (Å²) in [4.78, 5) is 17.1. The van der Waals surface area contributed by atoms with Crippen LogP contribution in [-0.2, 0) is 13.0 Å². The molecule has 5 heteroatoms. The van der Waals surface area contributed by atoms with Gasteiger partial charge < -0.3 is 10.4 Å². The maximum absolute atomic E-state index is 12.2. The molecule has 2 heterocycles. The van der Waals surface area contributed by atoms with E-state index in [4.69, 9.17) is 5.11 Å². The Balaban J connectivity index is 2.07. The molecule has 0 bridgehead atoms. The molecular weight excluding hydrogens is 284 g/mol. The summed E-state index contributed by atoms with van der Waals surface area (Å²) in [5.74, 6) is 5.17. The molecule has 0 aromatic carbocycles. The molecule has 0 aliphatic heterocycles. The van der Waals surface area contributed by atoms with E-state index in [1.807, 2.05) is 17.5 Å². The molecule has 2 aromatic rings. The fourth-order valence-corrected chi connectivity index (χ4v) is 2.68. The molecule has 108 valence electrons. The van der Waals surface area contributed by atoms with Crippen molar-refractivity contribution < 1.29 is 9.90 Å². The molecule has 0 unspecified atom stereocenters. The average molecular weight is 300 g/mol. The molecule has 0 radical (unpaired) electrons. The lowest BCUT2D eigenvalue weighted by atomic mass is 10.1. The van der Waals surface area contributed by atoms with Crippen molar-refractivity contribution in [2.24, 2.45) is 0 Å². The molecule has 2 N–H and O–H groups in total. The van der Waals surface area contributed by atoms with Gasteiger partial charge in [0.15, 0.2) is 0 Å². The summed E-state index contributed by atoms with van der Waals surface area (Å²) in [5, 5.41) is 13.4. The van der Waals surface area contributed by atoms with E-state index in [0.717, 1.165) is 17.7 Å². The molecule has 0 aliphatic carbocycles. The summed E-state index contributed by atoms with van der Waals surface area (Å²) < 4.78 is 0. The van der Waals surface area contributed by atoms with Crippen LogP contribution >= 0.6 is 11.3 Å². The van der Waals surface area contributed by atoms with Gasteiger partial charge in [0.1, 0.15) is 11.5 Å². The first-order chi connectivity index (χ1) is 10.3.